The molecule has 4 rings (SSSR count). The lowest BCUT2D eigenvalue weighted by Gasteiger charge is -2.38. The van der Waals surface area contributed by atoms with Gasteiger partial charge in [-0.25, -0.2) is 4.39 Å². The highest BCUT2D eigenvalue weighted by Crippen LogP contribution is 2.36. The molecule has 1 saturated heterocycles. The lowest BCUT2D eigenvalue weighted by atomic mass is 9.96. The maximum atomic E-state index is 14.1. The van der Waals surface area contributed by atoms with Gasteiger partial charge in [0.15, 0.2) is 11.6 Å². The Hall–Kier alpha value is -3.39. The molecule has 2 heterocycles. The average molecular weight is 453 g/mol. The van der Waals surface area contributed by atoms with E-state index >= 15 is 0 Å². The number of aryl methyl sites for hydroxylation is 1. The van der Waals surface area contributed by atoms with Gasteiger partial charge in [-0.1, -0.05) is 13.0 Å². The predicted molar refractivity (Wildman–Crippen MR) is 126 cm³/mol. The van der Waals surface area contributed by atoms with Gasteiger partial charge in [0.05, 0.1) is 23.7 Å². The van der Waals surface area contributed by atoms with E-state index in [-0.39, 0.29) is 17.6 Å². The number of phenols is 1. The number of aromatic amines is 1. The number of carbonyl (C=O) groups excluding carboxylic acids is 1. The van der Waals surface area contributed by atoms with Gasteiger partial charge < -0.3 is 19.6 Å². The fourth-order valence-corrected chi connectivity index (χ4v) is 3.99. The molecule has 0 bridgehead atoms. The lowest BCUT2D eigenvalue weighted by Crippen LogP contribution is -2.51. The Bertz CT molecular complexity index is 1180. The molecule has 0 unspecified atom stereocenters. The van der Waals surface area contributed by atoms with Crippen LogP contribution >= 0.6 is 0 Å². The second kappa shape index (κ2) is 9.62. The number of H-pyrrole nitrogens is 1. The summed E-state index contributed by atoms with van der Waals surface area (Å²) in [5.41, 5.74) is 3.12. The van der Waals surface area contributed by atoms with Crippen LogP contribution in [0.25, 0.3) is 22.0 Å². The van der Waals surface area contributed by atoms with E-state index in [0.29, 0.717) is 37.4 Å². The molecule has 174 valence electrons. The first-order valence-corrected chi connectivity index (χ1v) is 11.1. The molecule has 33 heavy (non-hydrogen) atoms. The Balaban J connectivity index is 1.47. The van der Waals surface area contributed by atoms with Crippen molar-refractivity contribution in [1.29, 1.82) is 0 Å². The van der Waals surface area contributed by atoms with Gasteiger partial charge in [0.1, 0.15) is 5.75 Å². The number of aromatic nitrogens is 2. The number of likely N-dealkylation sites (tertiary alicyclic amines) is 1. The van der Waals surface area contributed by atoms with Gasteiger partial charge in [-0.2, -0.15) is 5.10 Å². The minimum absolute atomic E-state index is 0.0220. The van der Waals surface area contributed by atoms with Crippen molar-refractivity contribution in [2.24, 2.45) is 5.92 Å². The van der Waals surface area contributed by atoms with Gasteiger partial charge in [0.25, 0.3) is 0 Å². The fourth-order valence-electron chi connectivity index (χ4n) is 3.99. The number of phenolic OH excluding ortho intramolecular Hbond substituents is 1. The van der Waals surface area contributed by atoms with E-state index < -0.39 is 5.82 Å². The van der Waals surface area contributed by atoms with Gasteiger partial charge >= 0.3 is 0 Å². The quantitative estimate of drug-likeness (QED) is 0.511. The molecule has 7 nitrogen and oxygen atoms in total. The van der Waals surface area contributed by atoms with E-state index in [0.717, 1.165) is 28.6 Å². The standard InChI is InChI=1S/C25H29FN4O3/c1-4-17-9-23(31)21(26)11-19(17)18-8-22-20(12-27-28-22)24(10-18)33-15-16-13-30(14-16)25(32)6-5-7-29(2)3/h5-6,8-12,16,31H,4,7,13-15H2,1-3H3,(H,27,28)/b6-5+. The summed E-state index contributed by atoms with van der Waals surface area (Å²) < 4.78 is 20.3. The summed E-state index contributed by atoms with van der Waals surface area (Å²) >= 11 is 0. The minimum Gasteiger partial charge on any atom is -0.505 e. The van der Waals surface area contributed by atoms with E-state index in [2.05, 4.69) is 10.2 Å². The zero-order chi connectivity index (χ0) is 23.5. The third kappa shape index (κ3) is 5.01. The van der Waals surface area contributed by atoms with Gasteiger partial charge in [-0.3, -0.25) is 9.89 Å². The van der Waals surface area contributed by atoms with Crippen molar-refractivity contribution in [1.82, 2.24) is 20.0 Å². The van der Waals surface area contributed by atoms with Crippen LogP contribution in [-0.4, -0.2) is 71.3 Å². The highest BCUT2D eigenvalue weighted by atomic mass is 19.1. The molecule has 8 heteroatoms. The number of aromatic hydroxyl groups is 1. The molecule has 2 aromatic carbocycles. The molecule has 1 aromatic heterocycles. The van der Waals surface area contributed by atoms with Crippen LogP contribution in [0.1, 0.15) is 12.5 Å². The Morgan fingerprint density at radius 1 is 1.33 bits per heavy atom. The molecular weight excluding hydrogens is 423 g/mol. The highest BCUT2D eigenvalue weighted by Gasteiger charge is 2.30. The van der Waals surface area contributed by atoms with Gasteiger partial charge in [-0.15, -0.1) is 0 Å². The van der Waals surface area contributed by atoms with Gasteiger partial charge in [-0.05, 0) is 61.5 Å². The summed E-state index contributed by atoms with van der Waals surface area (Å²) in [7, 11) is 3.91. The summed E-state index contributed by atoms with van der Waals surface area (Å²) in [4.78, 5) is 16.0. The molecule has 1 fully saturated rings. The van der Waals surface area contributed by atoms with E-state index in [1.54, 1.807) is 17.2 Å². The van der Waals surface area contributed by atoms with Crippen molar-refractivity contribution in [3.63, 3.8) is 0 Å². The summed E-state index contributed by atoms with van der Waals surface area (Å²) in [6.45, 7) is 4.47. The average Bonchev–Trinajstić information content (AvgIpc) is 3.22. The number of ether oxygens (including phenoxy) is 1. The SMILES string of the molecule is CCc1cc(O)c(F)cc1-c1cc(OCC2CN(C(=O)/C=C/CN(C)C)C2)c2cn[nH]c2c1. The molecule has 0 radical (unpaired) electrons. The number of amides is 1. The van der Waals surface area contributed by atoms with Crippen LogP contribution in [0.4, 0.5) is 4.39 Å². The first-order chi connectivity index (χ1) is 15.9. The number of carbonyl (C=O) groups is 1. The van der Waals surface area contributed by atoms with Crippen molar-refractivity contribution < 1.29 is 19.0 Å². The maximum absolute atomic E-state index is 14.1. The summed E-state index contributed by atoms with van der Waals surface area (Å²) in [6.07, 6.45) is 5.84. The Kier molecular flexibility index (Phi) is 6.65. The first-order valence-electron chi connectivity index (χ1n) is 11.1. The van der Waals surface area contributed by atoms with Crippen LogP contribution in [0.5, 0.6) is 11.5 Å². The monoisotopic (exact) mass is 452 g/mol. The fraction of sp³-hybridized carbons (Fsp3) is 0.360. The van der Waals surface area contributed by atoms with Crippen molar-refractivity contribution in [2.75, 3.05) is 40.3 Å². The minimum atomic E-state index is -0.659. The molecule has 2 N–H and O–H groups in total. The number of rotatable bonds is 8. The second-order valence-electron chi connectivity index (χ2n) is 8.70. The van der Waals surface area contributed by atoms with Crippen LogP contribution in [0, 0.1) is 11.7 Å². The number of hydrogen-bond acceptors (Lipinski definition) is 5. The third-order valence-corrected chi connectivity index (χ3v) is 5.86. The predicted octanol–water partition coefficient (Wildman–Crippen LogP) is 3.59. The van der Waals surface area contributed by atoms with E-state index in [1.165, 1.54) is 12.1 Å². The number of hydrogen-bond donors (Lipinski definition) is 2. The lowest BCUT2D eigenvalue weighted by molar-refractivity contribution is -0.132. The molecule has 1 aliphatic heterocycles. The topological polar surface area (TPSA) is 81.7 Å². The van der Waals surface area contributed by atoms with Crippen molar-refractivity contribution in [3.05, 3.63) is 54.0 Å². The maximum Gasteiger partial charge on any atom is 0.246 e. The van der Waals surface area contributed by atoms with Crippen molar-refractivity contribution in [3.8, 4) is 22.6 Å². The summed E-state index contributed by atoms with van der Waals surface area (Å²) in [5.74, 6) is -0.0843. The largest absolute Gasteiger partial charge is 0.505 e. The number of nitrogens with zero attached hydrogens (tertiary/aromatic N) is 3. The van der Waals surface area contributed by atoms with Crippen LogP contribution < -0.4 is 4.74 Å². The summed E-state index contributed by atoms with van der Waals surface area (Å²) in [5, 5.41) is 17.7. The number of likely N-dealkylation sites (N-methyl/N-ethyl adjacent to an activating group) is 1. The molecule has 0 spiro atoms. The molecule has 1 aliphatic rings. The molecule has 1 amide bonds. The first kappa shape index (κ1) is 22.8. The Morgan fingerprint density at radius 3 is 2.85 bits per heavy atom. The van der Waals surface area contributed by atoms with E-state index in [4.69, 9.17) is 4.74 Å². The zero-order valence-corrected chi connectivity index (χ0v) is 19.1. The third-order valence-electron chi connectivity index (χ3n) is 5.86. The molecule has 0 saturated carbocycles. The van der Waals surface area contributed by atoms with E-state index in [1.807, 2.05) is 44.1 Å². The number of benzene rings is 2. The van der Waals surface area contributed by atoms with E-state index in [9.17, 15) is 14.3 Å². The van der Waals surface area contributed by atoms with Crippen LogP contribution in [-0.2, 0) is 11.2 Å². The van der Waals surface area contributed by atoms with Crippen LogP contribution in [0.3, 0.4) is 0 Å². The number of fused-ring (bicyclic) bond motifs is 1. The van der Waals surface area contributed by atoms with Crippen molar-refractivity contribution in [2.45, 2.75) is 13.3 Å². The van der Waals surface area contributed by atoms with Crippen LogP contribution in [0.2, 0.25) is 0 Å². The summed E-state index contributed by atoms with van der Waals surface area (Å²) in [6, 6.07) is 6.61. The van der Waals surface area contributed by atoms with Gasteiger partial charge in [0, 0.05) is 31.6 Å². The molecule has 0 atom stereocenters. The normalized spacial score (nSPS) is 14.4. The number of nitrogens with one attached hydrogen (secondary N) is 1. The second-order valence-corrected chi connectivity index (χ2v) is 8.70. The molecule has 0 aliphatic carbocycles. The smallest absolute Gasteiger partial charge is 0.246 e. The van der Waals surface area contributed by atoms with Crippen molar-refractivity contribution >= 4 is 16.8 Å². The molecular formula is C25H29FN4O3. The Labute approximate surface area is 192 Å². The van der Waals surface area contributed by atoms with Gasteiger partial charge in [0.2, 0.25) is 5.91 Å². The zero-order valence-electron chi connectivity index (χ0n) is 19.1. The highest BCUT2D eigenvalue weighted by molar-refractivity contribution is 5.90. The Morgan fingerprint density at radius 2 is 2.12 bits per heavy atom. The number of halogens is 1. The van der Waals surface area contributed by atoms with Crippen LogP contribution in [0.15, 0.2) is 42.6 Å². The molecule has 3 aromatic rings.